The first kappa shape index (κ1) is 15.1. The Morgan fingerprint density at radius 1 is 1.28 bits per heavy atom. The maximum absolute atomic E-state index is 12.9. The molecule has 100 valence electrons. The molecule has 0 aliphatic carbocycles. The van der Waals surface area contributed by atoms with Crippen LogP contribution < -0.4 is 5.32 Å². The monoisotopic (exact) mass is 275 g/mol. The zero-order chi connectivity index (χ0) is 13.4. The molecule has 1 aromatic rings. The molecule has 1 nitrogen and oxygen atoms in total. The first-order chi connectivity index (χ1) is 8.55. The maximum Gasteiger partial charge on any atom is 0.407 e. The van der Waals surface area contributed by atoms with Gasteiger partial charge in [-0.05, 0) is 5.56 Å². The predicted octanol–water partition coefficient (Wildman–Crippen LogP) is 3.80. The Kier molecular flexibility index (Phi) is 6.29. The van der Waals surface area contributed by atoms with Gasteiger partial charge in [-0.1, -0.05) is 36.4 Å². The summed E-state index contributed by atoms with van der Waals surface area (Å²) in [5, 5.41) is 2.55. The van der Waals surface area contributed by atoms with Crippen LogP contribution >= 0.6 is 11.8 Å². The third-order valence-electron chi connectivity index (χ3n) is 2.29. The second kappa shape index (κ2) is 7.48. The van der Waals surface area contributed by atoms with Crippen molar-refractivity contribution in [1.82, 2.24) is 5.32 Å². The van der Waals surface area contributed by atoms with Crippen LogP contribution in [0.2, 0.25) is 0 Å². The molecular formula is C13H16F3NS. The van der Waals surface area contributed by atoms with Gasteiger partial charge < -0.3 is 5.32 Å². The van der Waals surface area contributed by atoms with Crippen LogP contribution in [0.3, 0.4) is 0 Å². The molecule has 0 radical (unpaired) electrons. The van der Waals surface area contributed by atoms with Crippen molar-refractivity contribution in [3.8, 4) is 0 Å². The van der Waals surface area contributed by atoms with E-state index in [0.717, 1.165) is 5.75 Å². The Hall–Kier alpha value is -0.940. The lowest BCUT2D eigenvalue weighted by molar-refractivity contribution is -0.157. The predicted molar refractivity (Wildman–Crippen MR) is 70.8 cm³/mol. The fourth-order valence-corrected chi connectivity index (χ4v) is 2.11. The smallest absolute Gasteiger partial charge is 0.302 e. The summed E-state index contributed by atoms with van der Waals surface area (Å²) >= 11 is 1.55. The molecule has 1 rings (SSSR count). The molecule has 0 spiro atoms. The summed E-state index contributed by atoms with van der Waals surface area (Å²) in [7, 11) is 0. The van der Waals surface area contributed by atoms with Crippen molar-refractivity contribution < 1.29 is 13.2 Å². The van der Waals surface area contributed by atoms with Crippen LogP contribution in [0.25, 0.3) is 0 Å². The molecule has 0 bridgehead atoms. The van der Waals surface area contributed by atoms with Crippen molar-refractivity contribution in [2.45, 2.75) is 12.2 Å². The van der Waals surface area contributed by atoms with E-state index in [2.05, 4.69) is 11.9 Å². The summed E-state index contributed by atoms with van der Waals surface area (Å²) in [6.45, 7) is 3.88. The van der Waals surface area contributed by atoms with E-state index < -0.39 is 12.2 Å². The zero-order valence-corrected chi connectivity index (χ0v) is 10.7. The van der Waals surface area contributed by atoms with Gasteiger partial charge in [0.15, 0.2) is 0 Å². The summed E-state index contributed by atoms with van der Waals surface area (Å²) in [6.07, 6.45) is -2.53. The van der Waals surface area contributed by atoms with Crippen molar-refractivity contribution in [2.75, 3.05) is 18.1 Å². The SMILES string of the molecule is C=CCSCCNC(c1ccccc1)C(F)(F)F. The van der Waals surface area contributed by atoms with E-state index in [-0.39, 0.29) is 5.56 Å². The van der Waals surface area contributed by atoms with Gasteiger partial charge in [0.25, 0.3) is 0 Å². The van der Waals surface area contributed by atoms with Crippen molar-refractivity contribution in [1.29, 1.82) is 0 Å². The number of halogens is 3. The molecule has 0 saturated carbocycles. The standard InChI is InChI=1S/C13H16F3NS/c1-2-9-18-10-8-17-12(13(14,15)16)11-6-4-3-5-7-11/h2-7,12,17H,1,8-10H2. The average Bonchev–Trinajstić information content (AvgIpc) is 2.33. The first-order valence-corrected chi connectivity index (χ1v) is 6.75. The summed E-state index contributed by atoms with van der Waals surface area (Å²) < 4.78 is 38.7. The second-order valence-corrected chi connectivity index (χ2v) is 4.85. The minimum Gasteiger partial charge on any atom is -0.302 e. The van der Waals surface area contributed by atoms with Crippen molar-refractivity contribution in [2.24, 2.45) is 0 Å². The normalized spacial score (nSPS) is 13.3. The van der Waals surface area contributed by atoms with E-state index in [1.165, 1.54) is 12.1 Å². The van der Waals surface area contributed by atoms with Gasteiger partial charge in [0.1, 0.15) is 6.04 Å². The van der Waals surface area contributed by atoms with Gasteiger partial charge in [-0.15, -0.1) is 6.58 Å². The van der Waals surface area contributed by atoms with E-state index in [9.17, 15) is 13.2 Å². The molecule has 0 fully saturated rings. The quantitative estimate of drug-likeness (QED) is 0.600. The van der Waals surface area contributed by atoms with Crippen LogP contribution in [0.4, 0.5) is 13.2 Å². The molecule has 1 N–H and O–H groups in total. The van der Waals surface area contributed by atoms with Crippen molar-refractivity contribution in [3.63, 3.8) is 0 Å². The van der Waals surface area contributed by atoms with E-state index >= 15 is 0 Å². The largest absolute Gasteiger partial charge is 0.407 e. The number of hydrogen-bond acceptors (Lipinski definition) is 2. The van der Waals surface area contributed by atoms with Crippen LogP contribution in [0, 0.1) is 0 Å². The Bertz CT molecular complexity index is 351. The fourth-order valence-electron chi connectivity index (χ4n) is 1.51. The molecular weight excluding hydrogens is 259 g/mol. The summed E-state index contributed by atoms with van der Waals surface area (Å²) in [5.41, 5.74) is 0.249. The lowest BCUT2D eigenvalue weighted by atomic mass is 10.1. The molecule has 1 unspecified atom stereocenters. The zero-order valence-electron chi connectivity index (χ0n) is 9.91. The molecule has 18 heavy (non-hydrogen) atoms. The molecule has 0 heterocycles. The highest BCUT2D eigenvalue weighted by atomic mass is 32.2. The fraction of sp³-hybridized carbons (Fsp3) is 0.385. The van der Waals surface area contributed by atoms with Crippen LogP contribution in [0.1, 0.15) is 11.6 Å². The average molecular weight is 275 g/mol. The molecule has 1 aromatic carbocycles. The third kappa shape index (κ3) is 5.14. The molecule has 5 heteroatoms. The minimum atomic E-state index is -4.27. The van der Waals surface area contributed by atoms with Gasteiger partial charge in [0, 0.05) is 18.1 Å². The highest BCUT2D eigenvalue weighted by molar-refractivity contribution is 7.99. The van der Waals surface area contributed by atoms with Gasteiger partial charge in [0.05, 0.1) is 0 Å². The number of thioether (sulfide) groups is 1. The molecule has 0 aliphatic heterocycles. The van der Waals surface area contributed by atoms with E-state index in [1.54, 1.807) is 36.0 Å². The Balaban J connectivity index is 2.56. The third-order valence-corrected chi connectivity index (χ3v) is 3.26. The Morgan fingerprint density at radius 3 is 2.50 bits per heavy atom. The van der Waals surface area contributed by atoms with Gasteiger partial charge in [-0.2, -0.15) is 24.9 Å². The number of hydrogen-bond donors (Lipinski definition) is 1. The first-order valence-electron chi connectivity index (χ1n) is 5.59. The van der Waals surface area contributed by atoms with Crippen LogP contribution in [-0.4, -0.2) is 24.2 Å². The number of rotatable bonds is 7. The molecule has 1 atom stereocenters. The highest BCUT2D eigenvalue weighted by Gasteiger charge is 2.40. The summed E-state index contributed by atoms with van der Waals surface area (Å²) in [6, 6.07) is 6.31. The van der Waals surface area contributed by atoms with E-state index in [4.69, 9.17) is 0 Å². The maximum atomic E-state index is 12.9. The van der Waals surface area contributed by atoms with Gasteiger partial charge in [0.2, 0.25) is 0 Å². The lowest BCUT2D eigenvalue weighted by Crippen LogP contribution is -2.35. The molecule has 0 aromatic heterocycles. The topological polar surface area (TPSA) is 12.0 Å². The number of nitrogens with one attached hydrogen (secondary N) is 1. The Morgan fingerprint density at radius 2 is 1.94 bits per heavy atom. The van der Waals surface area contributed by atoms with Crippen molar-refractivity contribution >= 4 is 11.8 Å². The van der Waals surface area contributed by atoms with E-state index in [1.807, 2.05) is 0 Å². The highest BCUT2D eigenvalue weighted by Crippen LogP contribution is 2.32. The van der Waals surface area contributed by atoms with Gasteiger partial charge in [-0.3, -0.25) is 0 Å². The second-order valence-electron chi connectivity index (χ2n) is 3.70. The molecule has 0 saturated heterocycles. The van der Waals surface area contributed by atoms with Gasteiger partial charge in [-0.25, -0.2) is 0 Å². The number of benzene rings is 1. The Labute approximate surface area is 109 Å². The summed E-state index contributed by atoms with van der Waals surface area (Å²) in [5.74, 6) is 1.38. The van der Waals surface area contributed by atoms with Crippen LogP contribution in [0.5, 0.6) is 0 Å². The lowest BCUT2D eigenvalue weighted by Gasteiger charge is -2.22. The molecule has 0 aliphatic rings. The van der Waals surface area contributed by atoms with Crippen LogP contribution in [-0.2, 0) is 0 Å². The van der Waals surface area contributed by atoms with E-state index in [0.29, 0.717) is 12.3 Å². The molecule has 0 amide bonds. The summed E-state index contributed by atoms with van der Waals surface area (Å²) in [4.78, 5) is 0. The number of alkyl halides is 3. The minimum absolute atomic E-state index is 0.249. The van der Waals surface area contributed by atoms with Crippen molar-refractivity contribution in [3.05, 3.63) is 48.6 Å². The van der Waals surface area contributed by atoms with Crippen LogP contribution in [0.15, 0.2) is 43.0 Å². The van der Waals surface area contributed by atoms with Gasteiger partial charge >= 0.3 is 6.18 Å².